The fourth-order valence-electron chi connectivity index (χ4n) is 2.79. The van der Waals surface area contributed by atoms with E-state index in [2.05, 4.69) is 12.2 Å². The van der Waals surface area contributed by atoms with Crippen LogP contribution in [0.25, 0.3) is 0 Å². The molecule has 0 spiro atoms. The molecular weight excluding hydrogens is 216 g/mol. The Hall–Kier alpha value is -0.610. The van der Waals surface area contributed by atoms with Gasteiger partial charge in [-0.25, -0.2) is 0 Å². The van der Waals surface area contributed by atoms with E-state index in [9.17, 15) is 4.79 Å². The van der Waals surface area contributed by atoms with E-state index in [4.69, 9.17) is 10.5 Å². The molecule has 2 aliphatic rings. The third kappa shape index (κ3) is 3.42. The maximum absolute atomic E-state index is 11.8. The van der Waals surface area contributed by atoms with Crippen LogP contribution in [0.4, 0.5) is 0 Å². The van der Waals surface area contributed by atoms with Gasteiger partial charge in [0.2, 0.25) is 5.91 Å². The van der Waals surface area contributed by atoms with E-state index < -0.39 is 0 Å². The van der Waals surface area contributed by atoms with Crippen molar-refractivity contribution in [2.75, 3.05) is 19.8 Å². The smallest absolute Gasteiger partial charge is 0.220 e. The van der Waals surface area contributed by atoms with Gasteiger partial charge < -0.3 is 15.8 Å². The van der Waals surface area contributed by atoms with Gasteiger partial charge >= 0.3 is 0 Å². The number of carbonyl (C=O) groups excluding carboxylic acids is 1. The summed E-state index contributed by atoms with van der Waals surface area (Å²) in [6.45, 7) is 4.48. The van der Waals surface area contributed by atoms with Crippen LogP contribution < -0.4 is 11.1 Å². The Morgan fingerprint density at radius 3 is 2.94 bits per heavy atom. The lowest BCUT2D eigenvalue weighted by Crippen LogP contribution is -2.38. The minimum atomic E-state index is 0.132. The fraction of sp³-hybridized carbons (Fsp3) is 0.923. The summed E-state index contributed by atoms with van der Waals surface area (Å²) in [5.74, 6) is 0.545. The predicted octanol–water partition coefficient (Wildman–Crippen LogP) is 1.05. The Morgan fingerprint density at radius 2 is 2.35 bits per heavy atom. The zero-order chi connectivity index (χ0) is 12.3. The van der Waals surface area contributed by atoms with E-state index in [0.29, 0.717) is 12.3 Å². The topological polar surface area (TPSA) is 64.4 Å². The Kier molecular flexibility index (Phi) is 4.05. The molecule has 2 fully saturated rings. The van der Waals surface area contributed by atoms with Crippen molar-refractivity contribution in [1.82, 2.24) is 5.32 Å². The summed E-state index contributed by atoms with van der Waals surface area (Å²) in [6, 6.07) is 0.228. The number of nitrogens with one attached hydrogen (secondary N) is 1. The van der Waals surface area contributed by atoms with Crippen LogP contribution in [0.1, 0.15) is 39.0 Å². The molecule has 3 N–H and O–H groups in total. The molecule has 4 heteroatoms. The number of amides is 1. The van der Waals surface area contributed by atoms with Crippen LogP contribution in [0.2, 0.25) is 0 Å². The monoisotopic (exact) mass is 240 g/mol. The molecule has 1 saturated carbocycles. The molecule has 1 aliphatic carbocycles. The first-order valence-corrected chi connectivity index (χ1v) is 6.69. The summed E-state index contributed by atoms with van der Waals surface area (Å²) >= 11 is 0. The highest BCUT2D eigenvalue weighted by molar-refractivity contribution is 5.76. The third-order valence-electron chi connectivity index (χ3n) is 4.18. The highest BCUT2D eigenvalue weighted by Gasteiger charge is 2.31. The quantitative estimate of drug-likeness (QED) is 0.772. The molecule has 0 bridgehead atoms. The van der Waals surface area contributed by atoms with Gasteiger partial charge in [-0.2, -0.15) is 0 Å². The van der Waals surface area contributed by atoms with E-state index in [1.165, 1.54) is 6.42 Å². The van der Waals surface area contributed by atoms with Crippen LogP contribution in [0, 0.1) is 11.3 Å². The van der Waals surface area contributed by atoms with E-state index in [0.717, 1.165) is 39.0 Å². The van der Waals surface area contributed by atoms with Gasteiger partial charge in [-0.15, -0.1) is 0 Å². The number of carbonyl (C=O) groups is 1. The lowest BCUT2D eigenvalue weighted by molar-refractivity contribution is -0.122. The van der Waals surface area contributed by atoms with E-state index in [1.54, 1.807) is 0 Å². The molecule has 0 aromatic heterocycles. The van der Waals surface area contributed by atoms with Crippen molar-refractivity contribution in [3.05, 3.63) is 0 Å². The highest BCUT2D eigenvalue weighted by Crippen LogP contribution is 2.28. The molecule has 0 radical (unpaired) electrons. The highest BCUT2D eigenvalue weighted by atomic mass is 16.5. The minimum Gasteiger partial charge on any atom is -0.381 e. The van der Waals surface area contributed by atoms with E-state index >= 15 is 0 Å². The van der Waals surface area contributed by atoms with Gasteiger partial charge in [0.1, 0.15) is 0 Å². The second-order valence-electron chi connectivity index (χ2n) is 5.95. The average molecular weight is 240 g/mol. The van der Waals surface area contributed by atoms with Crippen molar-refractivity contribution in [2.24, 2.45) is 17.1 Å². The number of nitrogens with two attached hydrogens (primary N) is 1. The number of ether oxygens (including phenoxy) is 1. The van der Waals surface area contributed by atoms with Crippen LogP contribution in [-0.2, 0) is 9.53 Å². The first kappa shape index (κ1) is 12.8. The molecule has 1 heterocycles. The zero-order valence-electron chi connectivity index (χ0n) is 10.7. The van der Waals surface area contributed by atoms with Crippen LogP contribution in [0.15, 0.2) is 0 Å². The van der Waals surface area contributed by atoms with Gasteiger partial charge in [-0.1, -0.05) is 13.3 Å². The van der Waals surface area contributed by atoms with Crippen LogP contribution >= 0.6 is 0 Å². The molecule has 2 rings (SSSR count). The summed E-state index contributed by atoms with van der Waals surface area (Å²) in [4.78, 5) is 11.8. The number of hydrogen-bond acceptors (Lipinski definition) is 3. The van der Waals surface area contributed by atoms with Gasteiger partial charge in [-0.3, -0.25) is 4.79 Å². The fourth-order valence-corrected chi connectivity index (χ4v) is 2.79. The summed E-state index contributed by atoms with van der Waals surface area (Å²) in [7, 11) is 0. The van der Waals surface area contributed by atoms with Gasteiger partial charge in [0.25, 0.3) is 0 Å². The summed E-state index contributed by atoms with van der Waals surface area (Å²) in [5.41, 5.74) is 6.10. The van der Waals surface area contributed by atoms with Gasteiger partial charge in [-0.05, 0) is 25.2 Å². The molecule has 1 unspecified atom stereocenters. The van der Waals surface area contributed by atoms with Gasteiger partial charge in [0.15, 0.2) is 0 Å². The molecule has 17 heavy (non-hydrogen) atoms. The first-order chi connectivity index (χ1) is 8.09. The van der Waals surface area contributed by atoms with E-state index in [-0.39, 0.29) is 17.4 Å². The minimum absolute atomic E-state index is 0.132. The molecule has 3 atom stereocenters. The molecule has 0 aromatic rings. The average Bonchev–Trinajstić information content (AvgIpc) is 2.87. The first-order valence-electron chi connectivity index (χ1n) is 6.69. The second-order valence-corrected chi connectivity index (χ2v) is 5.95. The normalized spacial score (nSPS) is 37.3. The molecular formula is C13H24N2O2. The van der Waals surface area contributed by atoms with Gasteiger partial charge in [0, 0.05) is 31.0 Å². The van der Waals surface area contributed by atoms with Crippen molar-refractivity contribution in [3.63, 3.8) is 0 Å². The van der Waals surface area contributed by atoms with Crippen molar-refractivity contribution >= 4 is 5.91 Å². The molecule has 1 aliphatic heterocycles. The Labute approximate surface area is 103 Å². The Morgan fingerprint density at radius 1 is 1.53 bits per heavy atom. The lowest BCUT2D eigenvalue weighted by Gasteiger charge is -2.23. The maximum Gasteiger partial charge on any atom is 0.220 e. The molecule has 0 aromatic carbocycles. The summed E-state index contributed by atoms with van der Waals surface area (Å²) in [6.07, 6.45) is 4.98. The van der Waals surface area contributed by atoms with Crippen molar-refractivity contribution < 1.29 is 9.53 Å². The molecule has 1 amide bonds. The van der Waals surface area contributed by atoms with Crippen LogP contribution in [0.5, 0.6) is 0 Å². The molecule has 1 saturated heterocycles. The number of rotatable bonds is 4. The second kappa shape index (κ2) is 5.36. The molecule has 98 valence electrons. The molecule has 4 nitrogen and oxygen atoms in total. The van der Waals surface area contributed by atoms with Crippen molar-refractivity contribution in [3.8, 4) is 0 Å². The van der Waals surface area contributed by atoms with Crippen molar-refractivity contribution in [1.29, 1.82) is 0 Å². The maximum atomic E-state index is 11.8. The third-order valence-corrected chi connectivity index (χ3v) is 4.18. The Balaban J connectivity index is 1.70. The summed E-state index contributed by atoms with van der Waals surface area (Å²) < 4.78 is 5.37. The van der Waals surface area contributed by atoms with Crippen LogP contribution in [-0.4, -0.2) is 31.7 Å². The van der Waals surface area contributed by atoms with Crippen LogP contribution in [0.3, 0.4) is 0 Å². The lowest BCUT2D eigenvalue weighted by atomic mass is 9.90. The SMILES string of the molecule is CC1(CNC(=O)C[C@@H]2CCC[C@H]2N)CCOC1. The summed E-state index contributed by atoms with van der Waals surface area (Å²) in [5, 5.41) is 3.04. The number of hydrogen-bond donors (Lipinski definition) is 2. The standard InChI is InChI=1S/C13H24N2O2/c1-13(5-6-17-9-13)8-15-12(16)7-10-3-2-4-11(10)14/h10-11H,2-9,14H2,1H3,(H,15,16)/t10-,11+,13?/m0/s1. The van der Waals surface area contributed by atoms with Crippen molar-refractivity contribution in [2.45, 2.75) is 45.1 Å². The predicted molar refractivity (Wildman–Crippen MR) is 66.5 cm³/mol. The largest absolute Gasteiger partial charge is 0.381 e. The zero-order valence-corrected chi connectivity index (χ0v) is 10.7. The Bertz CT molecular complexity index is 275. The van der Waals surface area contributed by atoms with Gasteiger partial charge in [0.05, 0.1) is 6.61 Å². The van der Waals surface area contributed by atoms with E-state index in [1.807, 2.05) is 0 Å².